The molecule has 2 saturated heterocycles. The second kappa shape index (κ2) is 12.6. The van der Waals surface area contributed by atoms with E-state index < -0.39 is 5.60 Å². The highest BCUT2D eigenvalue weighted by atomic mass is 79.9. The topological polar surface area (TPSA) is 76.9 Å². The first-order valence-corrected chi connectivity index (χ1v) is 14.5. The van der Waals surface area contributed by atoms with Gasteiger partial charge in [-0.3, -0.25) is 0 Å². The van der Waals surface area contributed by atoms with Crippen molar-refractivity contribution in [2.75, 3.05) is 31.2 Å². The van der Waals surface area contributed by atoms with E-state index >= 15 is 0 Å². The van der Waals surface area contributed by atoms with Gasteiger partial charge in [0.15, 0.2) is 5.75 Å². The van der Waals surface area contributed by atoms with Crippen LogP contribution in [0, 0.1) is 6.92 Å². The standard InChI is InChI=1S/C28H34BrN3O4.C2H6/c1-18-16-22-24(25(23(18)29)35-19(2)20-8-5-4-6-9-20)30-27(36-21-10-14-34-15-11-21)31-26(22)32-13-7-12-28(3,33)17-32;1-2/h4-6,8-9,16,19,21,33H,7,10-15,17H2,1-3H3;1-2H3. The Balaban J connectivity index is 0.00000164. The van der Waals surface area contributed by atoms with E-state index in [9.17, 15) is 5.11 Å². The molecule has 2 unspecified atom stereocenters. The van der Waals surface area contributed by atoms with Gasteiger partial charge in [0, 0.05) is 31.3 Å². The number of aromatic nitrogens is 2. The summed E-state index contributed by atoms with van der Waals surface area (Å²) in [5.74, 6) is 1.44. The summed E-state index contributed by atoms with van der Waals surface area (Å²) in [4.78, 5) is 11.9. The fourth-order valence-electron chi connectivity index (χ4n) is 5.02. The third-order valence-corrected chi connectivity index (χ3v) is 7.99. The van der Waals surface area contributed by atoms with Gasteiger partial charge in [-0.1, -0.05) is 44.2 Å². The van der Waals surface area contributed by atoms with Crippen LogP contribution in [-0.2, 0) is 4.74 Å². The van der Waals surface area contributed by atoms with Crippen molar-refractivity contribution in [1.29, 1.82) is 0 Å². The number of aliphatic hydroxyl groups is 1. The van der Waals surface area contributed by atoms with Crippen LogP contribution in [0.3, 0.4) is 0 Å². The Kier molecular flexibility index (Phi) is 9.50. The predicted molar refractivity (Wildman–Crippen MR) is 155 cm³/mol. The normalized spacial score (nSPS) is 21.0. The minimum absolute atomic E-state index is 0.00927. The number of halogens is 1. The lowest BCUT2D eigenvalue weighted by Crippen LogP contribution is -2.46. The maximum Gasteiger partial charge on any atom is 0.319 e. The number of hydrogen-bond donors (Lipinski definition) is 1. The molecule has 1 N–H and O–H groups in total. The van der Waals surface area contributed by atoms with E-state index in [-0.39, 0.29) is 12.2 Å². The number of fused-ring (bicyclic) bond motifs is 1. The highest BCUT2D eigenvalue weighted by Crippen LogP contribution is 2.42. The lowest BCUT2D eigenvalue weighted by atomic mass is 9.95. The van der Waals surface area contributed by atoms with Crippen molar-refractivity contribution in [3.63, 3.8) is 0 Å². The van der Waals surface area contributed by atoms with Crippen molar-refractivity contribution in [1.82, 2.24) is 9.97 Å². The SMILES string of the molecule is CC.Cc1cc2c(N3CCCC(C)(O)C3)nc(OC3CCOCC3)nc2c(OC(C)c2ccccc2)c1Br. The van der Waals surface area contributed by atoms with Gasteiger partial charge < -0.3 is 24.2 Å². The summed E-state index contributed by atoms with van der Waals surface area (Å²) in [5, 5.41) is 11.7. The summed E-state index contributed by atoms with van der Waals surface area (Å²) in [6.07, 6.45) is 3.10. The van der Waals surface area contributed by atoms with E-state index in [4.69, 9.17) is 24.2 Å². The summed E-state index contributed by atoms with van der Waals surface area (Å²) in [7, 11) is 0. The third kappa shape index (κ3) is 6.58. The zero-order valence-corrected chi connectivity index (χ0v) is 24.8. The zero-order chi connectivity index (χ0) is 27.3. The Labute approximate surface area is 234 Å². The van der Waals surface area contributed by atoms with Crippen LogP contribution in [0.25, 0.3) is 10.9 Å². The molecular weight excluding hydrogens is 546 g/mol. The Morgan fingerprint density at radius 1 is 1.16 bits per heavy atom. The molecule has 0 amide bonds. The van der Waals surface area contributed by atoms with Gasteiger partial charge in [-0.25, -0.2) is 0 Å². The van der Waals surface area contributed by atoms with Crippen LogP contribution in [0.15, 0.2) is 40.9 Å². The monoisotopic (exact) mass is 585 g/mol. The third-order valence-electron chi connectivity index (χ3n) is 7.00. The highest BCUT2D eigenvalue weighted by Gasteiger charge is 2.32. The minimum atomic E-state index is -0.775. The summed E-state index contributed by atoms with van der Waals surface area (Å²) >= 11 is 3.77. The summed E-state index contributed by atoms with van der Waals surface area (Å²) in [5.41, 5.74) is 2.04. The van der Waals surface area contributed by atoms with E-state index in [2.05, 4.69) is 39.0 Å². The number of β-amino-alcohol motifs (C(OH)–C–C–N with tert-alkyl or cyclic N) is 1. The molecule has 1 aromatic heterocycles. The lowest BCUT2D eigenvalue weighted by Gasteiger charge is -2.38. The molecule has 2 aliphatic rings. The van der Waals surface area contributed by atoms with Gasteiger partial charge in [-0.15, -0.1) is 0 Å². The number of benzene rings is 2. The fraction of sp³-hybridized carbons (Fsp3) is 0.533. The van der Waals surface area contributed by atoms with Crippen LogP contribution in [0.5, 0.6) is 11.8 Å². The molecule has 8 heteroatoms. The van der Waals surface area contributed by atoms with Crippen molar-refractivity contribution in [3.05, 3.63) is 52.0 Å². The number of piperidine rings is 1. The van der Waals surface area contributed by atoms with Crippen LogP contribution < -0.4 is 14.4 Å². The number of nitrogens with zero attached hydrogens (tertiary/aromatic N) is 3. The summed E-state index contributed by atoms with van der Waals surface area (Å²) < 4.78 is 19.2. The number of rotatable bonds is 6. The lowest BCUT2D eigenvalue weighted by molar-refractivity contribution is 0.0217. The van der Waals surface area contributed by atoms with Crippen molar-refractivity contribution in [3.8, 4) is 11.8 Å². The molecule has 0 saturated carbocycles. The van der Waals surface area contributed by atoms with E-state index in [1.165, 1.54) is 0 Å². The highest BCUT2D eigenvalue weighted by molar-refractivity contribution is 9.10. The first-order valence-electron chi connectivity index (χ1n) is 13.7. The van der Waals surface area contributed by atoms with Gasteiger partial charge in [-0.2, -0.15) is 9.97 Å². The van der Waals surface area contributed by atoms with Crippen LogP contribution in [0.2, 0.25) is 0 Å². The molecule has 7 nitrogen and oxygen atoms in total. The Morgan fingerprint density at radius 2 is 1.87 bits per heavy atom. The average Bonchev–Trinajstić information content (AvgIpc) is 2.93. The second-order valence-electron chi connectivity index (χ2n) is 10.2. The van der Waals surface area contributed by atoms with Crippen LogP contribution in [0.4, 0.5) is 5.82 Å². The van der Waals surface area contributed by atoms with E-state index in [0.29, 0.717) is 37.0 Å². The second-order valence-corrected chi connectivity index (χ2v) is 11.0. The number of hydrogen-bond acceptors (Lipinski definition) is 7. The van der Waals surface area contributed by atoms with Crippen LogP contribution >= 0.6 is 15.9 Å². The quantitative estimate of drug-likeness (QED) is 0.341. The van der Waals surface area contributed by atoms with Crippen molar-refractivity contribution < 1.29 is 19.3 Å². The van der Waals surface area contributed by atoms with E-state index in [1.807, 2.05) is 52.8 Å². The van der Waals surface area contributed by atoms with Crippen molar-refractivity contribution in [2.45, 2.75) is 78.1 Å². The minimum Gasteiger partial charge on any atom is -0.483 e. The molecular formula is C30H40BrN3O4. The molecule has 0 spiro atoms. The smallest absolute Gasteiger partial charge is 0.319 e. The van der Waals surface area contributed by atoms with E-state index in [1.54, 1.807) is 0 Å². The first kappa shape index (κ1) is 28.6. The maximum atomic E-state index is 10.8. The molecule has 3 aromatic rings. The largest absolute Gasteiger partial charge is 0.483 e. The molecule has 2 fully saturated rings. The summed E-state index contributed by atoms with van der Waals surface area (Å²) in [6.45, 7) is 12.6. The molecule has 206 valence electrons. The first-order chi connectivity index (χ1) is 18.3. The number of anilines is 1. The predicted octanol–water partition coefficient (Wildman–Crippen LogP) is 6.78. The number of aryl methyl sites for hydroxylation is 1. The Morgan fingerprint density at radius 3 is 2.55 bits per heavy atom. The Hall–Kier alpha value is -2.42. The molecule has 0 aliphatic carbocycles. The summed E-state index contributed by atoms with van der Waals surface area (Å²) in [6, 6.07) is 12.6. The maximum absolute atomic E-state index is 10.8. The van der Waals surface area contributed by atoms with Crippen molar-refractivity contribution >= 4 is 32.7 Å². The zero-order valence-electron chi connectivity index (χ0n) is 23.2. The average molecular weight is 587 g/mol. The van der Waals surface area contributed by atoms with Gasteiger partial charge in [0.05, 0.1) is 23.3 Å². The van der Waals surface area contributed by atoms with Crippen molar-refractivity contribution in [2.24, 2.45) is 0 Å². The van der Waals surface area contributed by atoms with Gasteiger partial charge in [-0.05, 0) is 66.7 Å². The molecule has 38 heavy (non-hydrogen) atoms. The fourth-order valence-corrected chi connectivity index (χ4v) is 5.42. The van der Waals surface area contributed by atoms with Gasteiger partial charge in [0.2, 0.25) is 0 Å². The van der Waals surface area contributed by atoms with Crippen LogP contribution in [-0.4, -0.2) is 53.1 Å². The van der Waals surface area contributed by atoms with Gasteiger partial charge >= 0.3 is 6.01 Å². The molecule has 0 radical (unpaired) electrons. The van der Waals surface area contributed by atoms with Gasteiger partial charge in [0.1, 0.15) is 23.5 Å². The molecule has 3 heterocycles. The molecule has 2 atom stereocenters. The molecule has 2 aliphatic heterocycles. The molecule has 2 aromatic carbocycles. The van der Waals surface area contributed by atoms with Gasteiger partial charge in [0.25, 0.3) is 0 Å². The number of ether oxygens (including phenoxy) is 3. The molecule has 0 bridgehead atoms. The van der Waals surface area contributed by atoms with Crippen LogP contribution in [0.1, 0.15) is 70.6 Å². The molecule has 5 rings (SSSR count). The van der Waals surface area contributed by atoms with E-state index in [0.717, 1.165) is 59.0 Å². The Bertz CT molecular complexity index is 1220.